The largest absolute Gasteiger partial charge is 0.396 e. The summed E-state index contributed by atoms with van der Waals surface area (Å²) in [7, 11) is 1.77. The van der Waals surface area contributed by atoms with Crippen LogP contribution in [0.1, 0.15) is 28.9 Å². The normalized spacial score (nSPS) is 18.0. The van der Waals surface area contributed by atoms with Crippen molar-refractivity contribution in [1.29, 1.82) is 0 Å². The third-order valence-corrected chi connectivity index (χ3v) is 7.46. The number of thioether (sulfide) groups is 1. The minimum Gasteiger partial charge on any atom is -0.396 e. The van der Waals surface area contributed by atoms with Gasteiger partial charge in [0.1, 0.15) is 6.04 Å². The van der Waals surface area contributed by atoms with E-state index in [4.69, 9.17) is 5.73 Å². The van der Waals surface area contributed by atoms with Crippen LogP contribution in [-0.2, 0) is 11.3 Å². The third kappa shape index (κ3) is 4.48. The lowest BCUT2D eigenvalue weighted by atomic mass is 10.2. The first-order valence-corrected chi connectivity index (χ1v) is 12.5. The molecule has 8 nitrogen and oxygen atoms in total. The molecular weight excluding hydrogens is 448 g/mol. The van der Waals surface area contributed by atoms with E-state index in [0.717, 1.165) is 34.9 Å². The average Bonchev–Trinajstić information content (AvgIpc) is 3.49. The highest BCUT2D eigenvalue weighted by atomic mass is 32.2. The Morgan fingerprint density at radius 3 is 2.71 bits per heavy atom. The van der Waals surface area contributed by atoms with Crippen molar-refractivity contribution < 1.29 is 9.59 Å². The van der Waals surface area contributed by atoms with Crippen LogP contribution < -0.4 is 20.9 Å². The van der Waals surface area contributed by atoms with E-state index in [1.807, 2.05) is 30.3 Å². The molecule has 2 aliphatic rings. The molecule has 1 aromatic heterocycles. The second-order valence-corrected chi connectivity index (χ2v) is 9.76. The van der Waals surface area contributed by atoms with E-state index >= 15 is 0 Å². The monoisotopic (exact) mass is 476 g/mol. The molecule has 1 fully saturated rings. The van der Waals surface area contributed by atoms with Crippen LogP contribution in [-0.4, -0.2) is 53.5 Å². The number of likely N-dealkylation sites (N-methyl/N-ethyl adjacent to an activating group) is 1. The zero-order valence-corrected chi connectivity index (χ0v) is 19.9. The first-order chi connectivity index (χ1) is 16.5. The van der Waals surface area contributed by atoms with Crippen LogP contribution >= 0.6 is 11.8 Å². The molecule has 0 radical (unpaired) electrons. The number of hydrogen-bond donors (Lipinski definition) is 2. The van der Waals surface area contributed by atoms with E-state index in [0.29, 0.717) is 12.3 Å². The molecular formula is C25H28N6O2S. The minimum atomic E-state index is -0.677. The van der Waals surface area contributed by atoms with Crippen LogP contribution in [0.3, 0.4) is 0 Å². The smallest absolute Gasteiger partial charge is 0.274 e. The number of amides is 2. The Bertz CT molecular complexity index is 1210. The van der Waals surface area contributed by atoms with E-state index in [1.54, 1.807) is 34.6 Å². The number of nitrogens with zero attached hydrogens (tertiary/aromatic N) is 4. The van der Waals surface area contributed by atoms with Crippen molar-refractivity contribution in [2.24, 2.45) is 0 Å². The molecule has 0 bridgehead atoms. The van der Waals surface area contributed by atoms with Crippen LogP contribution in [0.2, 0.25) is 0 Å². The van der Waals surface area contributed by atoms with Crippen molar-refractivity contribution in [3.8, 4) is 0 Å². The fraction of sp³-hybridized carbons (Fsp3) is 0.320. The maximum absolute atomic E-state index is 13.3. The lowest BCUT2D eigenvalue weighted by Gasteiger charge is -2.24. The lowest BCUT2D eigenvalue weighted by Crippen LogP contribution is -2.48. The van der Waals surface area contributed by atoms with E-state index in [1.165, 1.54) is 12.8 Å². The Kier molecular flexibility index (Phi) is 6.19. The molecule has 34 heavy (non-hydrogen) atoms. The Hall–Kier alpha value is -3.46. The molecule has 2 aliphatic heterocycles. The van der Waals surface area contributed by atoms with Gasteiger partial charge in [0.25, 0.3) is 5.91 Å². The van der Waals surface area contributed by atoms with Gasteiger partial charge in [-0.15, -0.1) is 11.8 Å². The molecule has 0 aliphatic carbocycles. The molecule has 3 heterocycles. The van der Waals surface area contributed by atoms with Gasteiger partial charge in [-0.3, -0.25) is 14.3 Å². The zero-order chi connectivity index (χ0) is 23.7. The van der Waals surface area contributed by atoms with Crippen LogP contribution in [0.5, 0.6) is 0 Å². The van der Waals surface area contributed by atoms with Crippen molar-refractivity contribution in [3.05, 3.63) is 66.0 Å². The molecule has 3 N–H and O–H groups in total. The number of nitrogen functional groups attached to an aromatic ring is 1. The lowest BCUT2D eigenvalue weighted by molar-refractivity contribution is -0.119. The van der Waals surface area contributed by atoms with Gasteiger partial charge in [0.05, 0.1) is 17.9 Å². The Morgan fingerprint density at radius 1 is 1.18 bits per heavy atom. The maximum atomic E-state index is 13.3. The highest BCUT2D eigenvalue weighted by Crippen LogP contribution is 2.37. The molecule has 9 heteroatoms. The second-order valence-electron chi connectivity index (χ2n) is 8.70. The van der Waals surface area contributed by atoms with Gasteiger partial charge in [0.15, 0.2) is 5.69 Å². The summed E-state index contributed by atoms with van der Waals surface area (Å²) in [4.78, 5) is 31.3. The van der Waals surface area contributed by atoms with Gasteiger partial charge < -0.3 is 20.9 Å². The zero-order valence-electron chi connectivity index (χ0n) is 19.1. The maximum Gasteiger partial charge on any atom is 0.274 e. The molecule has 1 saturated heterocycles. The Balaban J connectivity index is 1.30. The predicted octanol–water partition coefficient (Wildman–Crippen LogP) is 2.98. The fourth-order valence-electron chi connectivity index (χ4n) is 4.45. The number of aromatic nitrogens is 2. The van der Waals surface area contributed by atoms with E-state index in [9.17, 15) is 9.59 Å². The number of anilines is 3. The van der Waals surface area contributed by atoms with Crippen LogP contribution in [0, 0.1) is 0 Å². The molecule has 1 atom stereocenters. The van der Waals surface area contributed by atoms with Gasteiger partial charge in [-0.05, 0) is 36.6 Å². The molecule has 0 saturated carbocycles. The molecule has 0 unspecified atom stereocenters. The van der Waals surface area contributed by atoms with Gasteiger partial charge in [-0.1, -0.05) is 30.3 Å². The number of carbonyl (C=O) groups is 2. The predicted molar refractivity (Wildman–Crippen MR) is 135 cm³/mol. The summed E-state index contributed by atoms with van der Waals surface area (Å²) in [6, 6.07) is 15.4. The van der Waals surface area contributed by atoms with Crippen LogP contribution in [0.15, 0.2) is 59.6 Å². The SMILES string of the molecule is CN1C(=O)[C@@H](NC(=O)c2nn(Cc3ccccc3)cc2N)CSc2ccc(N3CCCC3)cc21. The quantitative estimate of drug-likeness (QED) is 0.588. The summed E-state index contributed by atoms with van der Waals surface area (Å²) in [6.07, 6.45) is 4.03. The molecule has 0 spiro atoms. The summed E-state index contributed by atoms with van der Waals surface area (Å²) in [5.41, 5.74) is 9.58. The topological polar surface area (TPSA) is 96.5 Å². The highest BCUT2D eigenvalue weighted by molar-refractivity contribution is 7.99. The second kappa shape index (κ2) is 9.42. The number of nitrogens with two attached hydrogens (primary N) is 1. The molecule has 176 valence electrons. The standard InChI is InChI=1S/C25H28N6O2S/c1-29-21-13-18(30-11-5-6-12-30)9-10-22(21)34-16-20(25(29)33)27-24(32)23-19(26)15-31(28-23)14-17-7-3-2-4-8-17/h2-4,7-10,13,15,20H,5-6,11-12,14,16,26H2,1H3,(H,27,32)/t20-/m0/s1. The Labute approximate surface area is 203 Å². The summed E-state index contributed by atoms with van der Waals surface area (Å²) in [5.74, 6) is -0.156. The van der Waals surface area contributed by atoms with Gasteiger partial charge in [0.2, 0.25) is 5.91 Å². The van der Waals surface area contributed by atoms with Crippen LogP contribution in [0.4, 0.5) is 17.1 Å². The third-order valence-electron chi connectivity index (χ3n) is 6.31. The van der Waals surface area contributed by atoms with E-state index in [2.05, 4.69) is 33.5 Å². The van der Waals surface area contributed by atoms with Gasteiger partial charge in [-0.2, -0.15) is 5.10 Å². The molecule has 3 aromatic rings. The van der Waals surface area contributed by atoms with E-state index in [-0.39, 0.29) is 17.3 Å². The first kappa shape index (κ1) is 22.3. The Morgan fingerprint density at radius 2 is 1.94 bits per heavy atom. The number of hydrogen-bond acceptors (Lipinski definition) is 6. The molecule has 2 amide bonds. The van der Waals surface area contributed by atoms with Gasteiger partial charge in [-0.25, -0.2) is 0 Å². The van der Waals surface area contributed by atoms with Crippen molar-refractivity contribution in [1.82, 2.24) is 15.1 Å². The number of benzene rings is 2. The van der Waals surface area contributed by atoms with Crippen molar-refractivity contribution >= 4 is 40.6 Å². The number of nitrogens with one attached hydrogen (secondary N) is 1. The van der Waals surface area contributed by atoms with Gasteiger partial charge >= 0.3 is 0 Å². The van der Waals surface area contributed by atoms with Crippen molar-refractivity contribution in [3.63, 3.8) is 0 Å². The number of fused-ring (bicyclic) bond motifs is 1. The molecule has 5 rings (SSSR count). The number of carbonyl (C=O) groups excluding carboxylic acids is 2. The first-order valence-electron chi connectivity index (χ1n) is 11.5. The highest BCUT2D eigenvalue weighted by Gasteiger charge is 2.31. The minimum absolute atomic E-state index is 0.134. The van der Waals surface area contributed by atoms with Crippen molar-refractivity contribution in [2.45, 2.75) is 30.3 Å². The summed E-state index contributed by atoms with van der Waals surface area (Å²) in [6.45, 7) is 2.59. The van der Waals surface area contributed by atoms with Crippen LogP contribution in [0.25, 0.3) is 0 Å². The molecule has 2 aromatic carbocycles. The summed E-state index contributed by atoms with van der Waals surface area (Å²) >= 11 is 1.57. The van der Waals surface area contributed by atoms with Crippen molar-refractivity contribution in [2.75, 3.05) is 41.4 Å². The summed E-state index contributed by atoms with van der Waals surface area (Å²) in [5, 5.41) is 7.24. The fourth-order valence-corrected chi connectivity index (χ4v) is 5.53. The van der Waals surface area contributed by atoms with Gasteiger partial charge in [0, 0.05) is 42.7 Å². The van der Waals surface area contributed by atoms with E-state index < -0.39 is 11.9 Å². The summed E-state index contributed by atoms with van der Waals surface area (Å²) < 4.78 is 1.64. The number of rotatable bonds is 5. The average molecular weight is 477 g/mol.